The van der Waals surface area contributed by atoms with Crippen LogP contribution in [0.3, 0.4) is 0 Å². The minimum absolute atomic E-state index is 0.0780. The number of fused-ring (bicyclic) bond motifs is 1. The highest BCUT2D eigenvalue weighted by Crippen LogP contribution is 2.23. The highest BCUT2D eigenvalue weighted by atomic mass is 35.5. The van der Waals surface area contributed by atoms with E-state index >= 15 is 0 Å². The van der Waals surface area contributed by atoms with E-state index in [1.54, 1.807) is 17.1 Å². The number of nitrogens with zero attached hydrogens (tertiary/aromatic N) is 1. The molecule has 3 aromatic rings. The minimum Gasteiger partial charge on any atom is -0.472 e. The van der Waals surface area contributed by atoms with Gasteiger partial charge in [-0.1, -0.05) is 11.6 Å². The number of halogens is 2. The van der Waals surface area contributed by atoms with Crippen molar-refractivity contribution in [2.45, 2.75) is 6.54 Å². The number of imidazole rings is 1. The molecule has 0 bridgehead atoms. The number of aromatic amines is 1. The van der Waals surface area contributed by atoms with E-state index < -0.39 is 5.82 Å². The van der Waals surface area contributed by atoms with Crippen LogP contribution in [0.15, 0.2) is 35.1 Å². The van der Waals surface area contributed by atoms with Crippen molar-refractivity contribution in [1.29, 1.82) is 0 Å². The van der Waals surface area contributed by atoms with E-state index in [1.165, 1.54) is 12.1 Å². The monoisotopic (exact) mass is 282 g/mol. The van der Waals surface area contributed by atoms with Gasteiger partial charge in [-0.2, -0.15) is 0 Å². The van der Waals surface area contributed by atoms with E-state index in [9.17, 15) is 4.39 Å². The summed E-state index contributed by atoms with van der Waals surface area (Å²) in [6, 6.07) is 4.75. The van der Waals surface area contributed by atoms with Crippen molar-refractivity contribution in [2.24, 2.45) is 0 Å². The largest absolute Gasteiger partial charge is 0.472 e. The van der Waals surface area contributed by atoms with Crippen LogP contribution in [0.4, 0.5) is 4.39 Å². The molecule has 0 atom stereocenters. The Morgan fingerprint density at radius 2 is 2.28 bits per heavy atom. The maximum Gasteiger partial charge on any atom is 0.178 e. The molecule has 0 unspecified atom stereocenters. The van der Waals surface area contributed by atoms with Crippen LogP contribution in [-0.4, -0.2) is 9.55 Å². The van der Waals surface area contributed by atoms with Gasteiger partial charge in [-0.3, -0.25) is 0 Å². The Kier molecular flexibility index (Phi) is 2.72. The van der Waals surface area contributed by atoms with E-state index in [2.05, 4.69) is 4.98 Å². The van der Waals surface area contributed by atoms with Crippen molar-refractivity contribution < 1.29 is 8.81 Å². The van der Waals surface area contributed by atoms with Crippen molar-refractivity contribution >= 4 is 34.9 Å². The minimum atomic E-state index is -0.459. The van der Waals surface area contributed by atoms with E-state index in [0.29, 0.717) is 16.8 Å². The molecule has 92 valence electrons. The van der Waals surface area contributed by atoms with Gasteiger partial charge in [-0.05, 0) is 24.4 Å². The molecule has 1 aromatic carbocycles. The third-order valence-corrected chi connectivity index (χ3v) is 3.35. The van der Waals surface area contributed by atoms with E-state index in [0.717, 1.165) is 11.1 Å². The first-order valence-electron chi connectivity index (χ1n) is 5.24. The molecule has 0 aliphatic heterocycles. The fourth-order valence-corrected chi connectivity index (χ4v) is 2.31. The molecule has 3 rings (SSSR count). The fraction of sp³-hybridized carbons (Fsp3) is 0.0833. The molecule has 0 aliphatic carbocycles. The van der Waals surface area contributed by atoms with E-state index in [4.69, 9.17) is 28.2 Å². The number of furan rings is 1. The molecule has 0 fully saturated rings. The van der Waals surface area contributed by atoms with Gasteiger partial charge in [0.15, 0.2) is 4.77 Å². The second kappa shape index (κ2) is 4.26. The molecular weight excluding hydrogens is 275 g/mol. The SMILES string of the molecule is Fc1cc2c(cc1Cl)[nH]c(=S)n2Cc1ccoc1. The zero-order valence-electron chi connectivity index (χ0n) is 9.11. The van der Waals surface area contributed by atoms with Crippen molar-refractivity contribution in [1.82, 2.24) is 9.55 Å². The van der Waals surface area contributed by atoms with Crippen molar-refractivity contribution in [3.63, 3.8) is 0 Å². The molecule has 1 N–H and O–H groups in total. The summed E-state index contributed by atoms with van der Waals surface area (Å²) in [5.74, 6) is -0.459. The van der Waals surface area contributed by atoms with E-state index in [1.807, 2.05) is 6.07 Å². The standard InChI is InChI=1S/C12H8ClFN2OS/c13-8-3-10-11(4-9(8)14)16(12(18)15-10)5-7-1-2-17-6-7/h1-4,6H,5H2,(H,15,18). The Morgan fingerprint density at radius 3 is 3.00 bits per heavy atom. The van der Waals surface area contributed by atoms with E-state index in [-0.39, 0.29) is 5.02 Å². The zero-order valence-corrected chi connectivity index (χ0v) is 10.7. The third-order valence-electron chi connectivity index (χ3n) is 2.74. The topological polar surface area (TPSA) is 33.9 Å². The van der Waals surface area contributed by atoms with Gasteiger partial charge < -0.3 is 14.0 Å². The molecular formula is C12H8ClFN2OS. The zero-order chi connectivity index (χ0) is 12.7. The second-order valence-electron chi connectivity index (χ2n) is 3.93. The first-order valence-corrected chi connectivity index (χ1v) is 6.02. The van der Waals surface area contributed by atoms with Crippen molar-refractivity contribution in [3.05, 3.63) is 51.9 Å². The summed E-state index contributed by atoms with van der Waals surface area (Å²) in [5, 5.41) is 0.0780. The smallest absolute Gasteiger partial charge is 0.178 e. The van der Waals surface area contributed by atoms with Crippen LogP contribution in [-0.2, 0) is 6.54 Å². The first-order chi connectivity index (χ1) is 8.65. The Morgan fingerprint density at radius 1 is 1.44 bits per heavy atom. The normalized spacial score (nSPS) is 11.2. The van der Waals surface area contributed by atoms with Crippen LogP contribution in [0.25, 0.3) is 11.0 Å². The molecule has 0 saturated heterocycles. The summed E-state index contributed by atoms with van der Waals surface area (Å²) in [7, 11) is 0. The summed E-state index contributed by atoms with van der Waals surface area (Å²) in [6.07, 6.45) is 3.22. The maximum absolute atomic E-state index is 13.5. The van der Waals surface area contributed by atoms with Gasteiger partial charge in [-0.25, -0.2) is 4.39 Å². The van der Waals surface area contributed by atoms with Crippen molar-refractivity contribution in [3.8, 4) is 0 Å². The van der Waals surface area contributed by atoms with Gasteiger partial charge in [-0.15, -0.1) is 0 Å². The van der Waals surface area contributed by atoms with Gasteiger partial charge >= 0.3 is 0 Å². The number of nitrogens with one attached hydrogen (secondary N) is 1. The number of hydrogen-bond donors (Lipinski definition) is 1. The summed E-state index contributed by atoms with van der Waals surface area (Å²) in [4.78, 5) is 3.00. The molecule has 6 heteroatoms. The van der Waals surface area contributed by atoms with Gasteiger partial charge in [0.2, 0.25) is 0 Å². The van der Waals surface area contributed by atoms with Crippen LogP contribution in [0, 0.1) is 10.6 Å². The molecule has 0 spiro atoms. The summed E-state index contributed by atoms with van der Waals surface area (Å²) < 4.78 is 20.8. The molecule has 2 aromatic heterocycles. The van der Waals surface area contributed by atoms with Gasteiger partial charge in [0, 0.05) is 11.6 Å². The summed E-state index contributed by atoms with van der Waals surface area (Å²) in [5.41, 5.74) is 2.36. The van der Waals surface area contributed by atoms with Crippen molar-refractivity contribution in [2.75, 3.05) is 0 Å². The lowest BCUT2D eigenvalue weighted by atomic mass is 10.3. The number of aromatic nitrogens is 2. The molecule has 0 aliphatic rings. The lowest BCUT2D eigenvalue weighted by Gasteiger charge is -2.02. The van der Waals surface area contributed by atoms with Gasteiger partial charge in [0.25, 0.3) is 0 Å². The van der Waals surface area contributed by atoms with Crippen LogP contribution in [0.5, 0.6) is 0 Å². The molecule has 0 saturated carbocycles. The summed E-state index contributed by atoms with van der Waals surface area (Å²) in [6.45, 7) is 0.524. The first kappa shape index (κ1) is 11.5. The van der Waals surface area contributed by atoms with Gasteiger partial charge in [0.05, 0.1) is 35.1 Å². The predicted octanol–water partition coefficient (Wildman–Crippen LogP) is 4.13. The summed E-state index contributed by atoms with van der Waals surface area (Å²) >= 11 is 11.0. The molecule has 0 radical (unpaired) electrons. The number of hydrogen-bond acceptors (Lipinski definition) is 2. The van der Waals surface area contributed by atoms with Gasteiger partial charge in [0.1, 0.15) is 5.82 Å². The average Bonchev–Trinajstić information content (AvgIpc) is 2.92. The number of H-pyrrole nitrogens is 1. The third kappa shape index (κ3) is 1.85. The van der Waals surface area contributed by atoms with Crippen LogP contribution >= 0.6 is 23.8 Å². The lowest BCUT2D eigenvalue weighted by Crippen LogP contribution is -1.98. The Labute approximate surface area is 112 Å². The molecule has 0 amide bonds. The predicted molar refractivity (Wildman–Crippen MR) is 69.9 cm³/mol. The molecule has 3 nitrogen and oxygen atoms in total. The maximum atomic E-state index is 13.5. The Bertz CT molecular complexity index is 760. The second-order valence-corrected chi connectivity index (χ2v) is 4.73. The highest BCUT2D eigenvalue weighted by Gasteiger charge is 2.09. The lowest BCUT2D eigenvalue weighted by molar-refractivity contribution is 0.562. The molecule has 2 heterocycles. The Balaban J connectivity index is 2.19. The quantitative estimate of drug-likeness (QED) is 0.717. The number of benzene rings is 1. The van der Waals surface area contributed by atoms with Crippen LogP contribution in [0.2, 0.25) is 5.02 Å². The highest BCUT2D eigenvalue weighted by molar-refractivity contribution is 7.71. The van der Waals surface area contributed by atoms with Crippen LogP contribution < -0.4 is 0 Å². The average molecular weight is 283 g/mol. The Hall–Kier alpha value is -1.59. The van der Waals surface area contributed by atoms with Crippen LogP contribution in [0.1, 0.15) is 5.56 Å². The fourth-order valence-electron chi connectivity index (χ4n) is 1.87. The number of rotatable bonds is 2. The molecule has 18 heavy (non-hydrogen) atoms.